The lowest BCUT2D eigenvalue weighted by Gasteiger charge is -2.17. The fourth-order valence-corrected chi connectivity index (χ4v) is 2.02. The van der Waals surface area contributed by atoms with Crippen LogP contribution in [0.15, 0.2) is 18.2 Å². The van der Waals surface area contributed by atoms with E-state index >= 15 is 0 Å². The standard InChI is InChI=1S/C12H11N3O5/c13-4-7-1-2-11(15(18)19)9(3-7)14-10-6-20-5-8(10)12(16)17/h1-3,8,10,14H,5-6H2,(H,16,17). The molecule has 8 heteroatoms. The molecular formula is C12H11N3O5. The van der Waals surface area contributed by atoms with Gasteiger partial charge in [0.2, 0.25) is 0 Å². The summed E-state index contributed by atoms with van der Waals surface area (Å²) in [6, 6.07) is 5.19. The van der Waals surface area contributed by atoms with E-state index in [1.807, 2.05) is 6.07 Å². The van der Waals surface area contributed by atoms with Gasteiger partial charge in [0.05, 0.1) is 35.8 Å². The molecule has 2 rings (SSSR count). The van der Waals surface area contributed by atoms with Crippen LogP contribution in [0.5, 0.6) is 0 Å². The third kappa shape index (κ3) is 2.67. The number of benzene rings is 1. The minimum Gasteiger partial charge on any atom is -0.481 e. The number of carboxylic acid groups (broad SMARTS) is 1. The maximum Gasteiger partial charge on any atom is 0.311 e. The summed E-state index contributed by atoms with van der Waals surface area (Å²) in [5, 5.41) is 31.6. The zero-order valence-electron chi connectivity index (χ0n) is 10.3. The van der Waals surface area contributed by atoms with Crippen LogP contribution in [0, 0.1) is 27.4 Å². The van der Waals surface area contributed by atoms with Crippen molar-refractivity contribution in [2.24, 2.45) is 5.92 Å². The Hall–Kier alpha value is -2.66. The first-order valence-corrected chi connectivity index (χ1v) is 5.78. The minimum atomic E-state index is -1.03. The molecule has 20 heavy (non-hydrogen) atoms. The zero-order valence-corrected chi connectivity index (χ0v) is 10.3. The van der Waals surface area contributed by atoms with Gasteiger partial charge in [-0.2, -0.15) is 5.26 Å². The first kappa shape index (κ1) is 13.8. The van der Waals surface area contributed by atoms with Crippen molar-refractivity contribution in [2.75, 3.05) is 18.5 Å². The van der Waals surface area contributed by atoms with E-state index in [1.54, 1.807) is 0 Å². The van der Waals surface area contributed by atoms with Gasteiger partial charge in [-0.25, -0.2) is 0 Å². The molecule has 0 bridgehead atoms. The number of nitrogens with zero attached hydrogens (tertiary/aromatic N) is 2. The number of carbonyl (C=O) groups is 1. The summed E-state index contributed by atoms with van der Waals surface area (Å²) >= 11 is 0. The first-order chi connectivity index (χ1) is 9.52. The zero-order chi connectivity index (χ0) is 14.7. The quantitative estimate of drug-likeness (QED) is 0.620. The third-order valence-corrected chi connectivity index (χ3v) is 3.06. The highest BCUT2D eigenvalue weighted by Crippen LogP contribution is 2.28. The van der Waals surface area contributed by atoms with Crippen LogP contribution < -0.4 is 5.32 Å². The van der Waals surface area contributed by atoms with Gasteiger partial charge in [-0.05, 0) is 12.1 Å². The van der Waals surface area contributed by atoms with E-state index in [1.165, 1.54) is 18.2 Å². The van der Waals surface area contributed by atoms with Gasteiger partial charge in [-0.3, -0.25) is 14.9 Å². The van der Waals surface area contributed by atoms with Crippen LogP contribution in [0.3, 0.4) is 0 Å². The van der Waals surface area contributed by atoms with Gasteiger partial charge in [0.25, 0.3) is 5.69 Å². The molecule has 0 aliphatic carbocycles. The number of nitro groups is 1. The van der Waals surface area contributed by atoms with Gasteiger partial charge >= 0.3 is 5.97 Å². The fraction of sp³-hybridized carbons (Fsp3) is 0.333. The summed E-state index contributed by atoms with van der Waals surface area (Å²) in [5.41, 5.74) is 0.166. The molecule has 1 aromatic rings. The summed E-state index contributed by atoms with van der Waals surface area (Å²) in [5.74, 6) is -1.81. The average molecular weight is 277 g/mol. The number of ether oxygens (including phenoxy) is 1. The fourth-order valence-electron chi connectivity index (χ4n) is 2.02. The molecule has 1 saturated heterocycles. The first-order valence-electron chi connectivity index (χ1n) is 5.78. The van der Waals surface area contributed by atoms with Crippen molar-refractivity contribution in [1.82, 2.24) is 0 Å². The van der Waals surface area contributed by atoms with Gasteiger partial charge in [0.15, 0.2) is 0 Å². The molecule has 1 aliphatic rings. The van der Waals surface area contributed by atoms with Crippen LogP contribution in [0.2, 0.25) is 0 Å². The molecule has 8 nitrogen and oxygen atoms in total. The Morgan fingerprint density at radius 2 is 2.30 bits per heavy atom. The summed E-state index contributed by atoms with van der Waals surface area (Å²) in [7, 11) is 0. The monoisotopic (exact) mass is 277 g/mol. The Morgan fingerprint density at radius 1 is 1.55 bits per heavy atom. The van der Waals surface area contributed by atoms with E-state index in [2.05, 4.69) is 5.32 Å². The van der Waals surface area contributed by atoms with Crippen LogP contribution in [-0.4, -0.2) is 35.3 Å². The van der Waals surface area contributed by atoms with E-state index in [9.17, 15) is 14.9 Å². The average Bonchev–Trinajstić information content (AvgIpc) is 2.86. The Morgan fingerprint density at radius 3 is 2.90 bits per heavy atom. The second kappa shape index (κ2) is 5.54. The number of nitro benzene ring substituents is 1. The molecule has 1 aliphatic heterocycles. The number of nitriles is 1. The number of carboxylic acids is 1. The molecule has 0 radical (unpaired) electrons. The van der Waals surface area contributed by atoms with Crippen molar-refractivity contribution < 1.29 is 19.6 Å². The predicted molar refractivity (Wildman–Crippen MR) is 67.2 cm³/mol. The van der Waals surface area contributed by atoms with Gasteiger partial charge in [-0.15, -0.1) is 0 Å². The van der Waals surface area contributed by atoms with Gasteiger partial charge in [-0.1, -0.05) is 0 Å². The van der Waals surface area contributed by atoms with Crippen LogP contribution in [0.25, 0.3) is 0 Å². The molecule has 0 aromatic heterocycles. The Bertz CT molecular complexity index is 595. The van der Waals surface area contributed by atoms with Crippen molar-refractivity contribution >= 4 is 17.3 Å². The molecule has 0 amide bonds. The lowest BCUT2D eigenvalue weighted by atomic mass is 10.0. The molecule has 2 atom stereocenters. The summed E-state index contributed by atoms with van der Waals surface area (Å²) in [6.45, 7) is 0.198. The van der Waals surface area contributed by atoms with Crippen molar-refractivity contribution in [3.05, 3.63) is 33.9 Å². The number of anilines is 1. The van der Waals surface area contributed by atoms with E-state index in [0.717, 1.165) is 0 Å². The lowest BCUT2D eigenvalue weighted by molar-refractivity contribution is -0.384. The van der Waals surface area contributed by atoms with Gasteiger partial charge < -0.3 is 15.2 Å². The second-order valence-corrected chi connectivity index (χ2v) is 4.33. The highest BCUT2D eigenvalue weighted by molar-refractivity contribution is 5.73. The number of nitrogens with one attached hydrogen (secondary N) is 1. The van der Waals surface area contributed by atoms with E-state index < -0.39 is 22.9 Å². The molecular weight excluding hydrogens is 266 g/mol. The molecule has 0 spiro atoms. The summed E-state index contributed by atoms with van der Waals surface area (Å²) < 4.78 is 5.08. The smallest absolute Gasteiger partial charge is 0.311 e. The van der Waals surface area contributed by atoms with Crippen molar-refractivity contribution in [1.29, 1.82) is 5.26 Å². The molecule has 1 fully saturated rings. The van der Waals surface area contributed by atoms with Crippen LogP contribution >= 0.6 is 0 Å². The molecule has 2 N–H and O–H groups in total. The van der Waals surface area contributed by atoms with Crippen molar-refractivity contribution in [3.63, 3.8) is 0 Å². The van der Waals surface area contributed by atoms with E-state index in [0.29, 0.717) is 0 Å². The second-order valence-electron chi connectivity index (χ2n) is 4.33. The number of aliphatic carboxylic acids is 1. The lowest BCUT2D eigenvalue weighted by Crippen LogP contribution is -2.33. The van der Waals surface area contributed by atoms with E-state index in [4.69, 9.17) is 15.1 Å². The molecule has 0 saturated carbocycles. The Kier molecular flexibility index (Phi) is 3.81. The molecule has 1 heterocycles. The number of hydrogen-bond acceptors (Lipinski definition) is 6. The summed E-state index contributed by atoms with van der Waals surface area (Å²) in [4.78, 5) is 21.4. The van der Waals surface area contributed by atoms with Crippen LogP contribution in [-0.2, 0) is 9.53 Å². The molecule has 1 aromatic carbocycles. The van der Waals surface area contributed by atoms with Crippen molar-refractivity contribution in [3.8, 4) is 6.07 Å². The predicted octanol–water partition coefficient (Wildman–Crippen LogP) is 0.978. The molecule has 104 valence electrons. The van der Waals surface area contributed by atoms with Gasteiger partial charge in [0.1, 0.15) is 11.6 Å². The third-order valence-electron chi connectivity index (χ3n) is 3.06. The SMILES string of the molecule is N#Cc1ccc([N+](=O)[O-])c(NC2COCC2C(=O)O)c1. The maximum absolute atomic E-state index is 11.0. The van der Waals surface area contributed by atoms with Crippen LogP contribution in [0.1, 0.15) is 5.56 Å². The highest BCUT2D eigenvalue weighted by atomic mass is 16.6. The Labute approximate surface area is 113 Å². The summed E-state index contributed by atoms with van der Waals surface area (Å²) in [6.07, 6.45) is 0. The van der Waals surface area contributed by atoms with E-state index in [-0.39, 0.29) is 30.2 Å². The molecule has 2 unspecified atom stereocenters. The minimum absolute atomic E-state index is 0.0543. The maximum atomic E-state index is 11.0. The van der Waals surface area contributed by atoms with Gasteiger partial charge in [0, 0.05) is 6.07 Å². The number of rotatable bonds is 4. The highest BCUT2D eigenvalue weighted by Gasteiger charge is 2.35. The van der Waals surface area contributed by atoms with Crippen molar-refractivity contribution in [2.45, 2.75) is 6.04 Å². The Balaban J connectivity index is 2.30. The topological polar surface area (TPSA) is 125 Å². The van der Waals surface area contributed by atoms with Crippen LogP contribution in [0.4, 0.5) is 11.4 Å². The number of hydrogen-bond donors (Lipinski definition) is 2. The normalized spacial score (nSPS) is 21.1. The largest absolute Gasteiger partial charge is 0.481 e.